The number of rotatable bonds is 3. The summed E-state index contributed by atoms with van der Waals surface area (Å²) in [7, 11) is 3.35. The third kappa shape index (κ3) is 3.94. The fourth-order valence-corrected chi connectivity index (χ4v) is 2.33. The molecule has 106 valence electrons. The minimum Gasteiger partial charge on any atom is -0.331 e. The Bertz CT molecular complexity index is 696. The van der Waals surface area contributed by atoms with Crippen molar-refractivity contribution in [1.82, 2.24) is 14.9 Å². The van der Waals surface area contributed by atoms with E-state index in [1.807, 2.05) is 30.3 Å². The molecule has 1 aromatic carbocycles. The number of nitrogens with one attached hydrogen (secondary N) is 1. The Morgan fingerprint density at radius 1 is 1.33 bits per heavy atom. The van der Waals surface area contributed by atoms with E-state index in [1.165, 1.54) is 23.0 Å². The second-order valence-electron chi connectivity index (χ2n) is 4.28. The lowest BCUT2D eigenvalue weighted by atomic mass is 10.3. The first-order chi connectivity index (χ1) is 10.1. The van der Waals surface area contributed by atoms with Crippen molar-refractivity contribution in [1.29, 1.82) is 5.26 Å². The van der Waals surface area contributed by atoms with Gasteiger partial charge in [0.05, 0.1) is 5.69 Å². The Hall–Kier alpha value is -2.59. The van der Waals surface area contributed by atoms with E-state index in [0.717, 1.165) is 4.90 Å². The SMILES string of the molecule is CN(C)C(=O)Nc1ccccc1Sc1cc(C#N)ncn1. The Kier molecular flexibility index (Phi) is 4.74. The van der Waals surface area contributed by atoms with Gasteiger partial charge in [0.25, 0.3) is 0 Å². The molecule has 2 amide bonds. The van der Waals surface area contributed by atoms with Gasteiger partial charge in [0, 0.05) is 25.1 Å². The number of para-hydroxylation sites is 1. The molecule has 0 radical (unpaired) electrons. The maximum Gasteiger partial charge on any atom is 0.321 e. The van der Waals surface area contributed by atoms with E-state index in [1.54, 1.807) is 20.2 Å². The third-order valence-corrected chi connectivity index (χ3v) is 3.51. The van der Waals surface area contributed by atoms with Crippen LogP contribution in [0.5, 0.6) is 0 Å². The van der Waals surface area contributed by atoms with E-state index in [0.29, 0.717) is 16.4 Å². The summed E-state index contributed by atoms with van der Waals surface area (Å²) >= 11 is 1.36. The number of anilines is 1. The number of nitriles is 1. The second-order valence-corrected chi connectivity index (χ2v) is 5.34. The van der Waals surface area contributed by atoms with Gasteiger partial charge in [0.15, 0.2) is 0 Å². The van der Waals surface area contributed by atoms with Gasteiger partial charge in [0.1, 0.15) is 23.1 Å². The fourth-order valence-electron chi connectivity index (χ4n) is 1.45. The Labute approximate surface area is 126 Å². The molecule has 21 heavy (non-hydrogen) atoms. The monoisotopic (exact) mass is 299 g/mol. The lowest BCUT2D eigenvalue weighted by Crippen LogP contribution is -2.27. The molecule has 6 nitrogen and oxygen atoms in total. The normalized spacial score (nSPS) is 9.76. The van der Waals surface area contributed by atoms with Crippen molar-refractivity contribution in [2.24, 2.45) is 0 Å². The maximum absolute atomic E-state index is 11.8. The Balaban J connectivity index is 2.24. The summed E-state index contributed by atoms with van der Waals surface area (Å²) in [6.07, 6.45) is 1.35. The highest BCUT2D eigenvalue weighted by molar-refractivity contribution is 7.99. The quantitative estimate of drug-likeness (QED) is 0.881. The molecule has 0 aliphatic carbocycles. The van der Waals surface area contributed by atoms with Crippen molar-refractivity contribution in [2.75, 3.05) is 19.4 Å². The molecule has 0 spiro atoms. The van der Waals surface area contributed by atoms with E-state index in [4.69, 9.17) is 5.26 Å². The highest BCUT2D eigenvalue weighted by atomic mass is 32.2. The number of amides is 2. The van der Waals surface area contributed by atoms with Gasteiger partial charge in [-0.15, -0.1) is 0 Å². The van der Waals surface area contributed by atoms with Crippen molar-refractivity contribution >= 4 is 23.5 Å². The number of hydrogen-bond acceptors (Lipinski definition) is 5. The van der Waals surface area contributed by atoms with Crippen LogP contribution in [0.4, 0.5) is 10.5 Å². The summed E-state index contributed by atoms with van der Waals surface area (Å²) in [4.78, 5) is 22.0. The highest BCUT2D eigenvalue weighted by Crippen LogP contribution is 2.32. The average Bonchev–Trinajstić information content (AvgIpc) is 2.49. The smallest absolute Gasteiger partial charge is 0.321 e. The molecule has 0 aliphatic heterocycles. The second kappa shape index (κ2) is 6.72. The van der Waals surface area contributed by atoms with Crippen LogP contribution in [0.1, 0.15) is 5.69 Å². The first kappa shape index (κ1) is 14.8. The molecular formula is C14H13N5OS. The molecule has 0 saturated heterocycles. The number of benzene rings is 1. The van der Waals surface area contributed by atoms with E-state index in [9.17, 15) is 4.79 Å². The largest absolute Gasteiger partial charge is 0.331 e. The Morgan fingerprint density at radius 3 is 2.81 bits per heavy atom. The minimum atomic E-state index is -0.205. The van der Waals surface area contributed by atoms with Crippen molar-refractivity contribution < 1.29 is 4.79 Å². The zero-order valence-corrected chi connectivity index (χ0v) is 12.4. The lowest BCUT2D eigenvalue weighted by molar-refractivity contribution is 0.230. The van der Waals surface area contributed by atoms with E-state index >= 15 is 0 Å². The molecule has 7 heteroatoms. The van der Waals surface area contributed by atoms with Gasteiger partial charge in [-0.05, 0) is 12.1 Å². The molecule has 0 saturated carbocycles. The van der Waals surface area contributed by atoms with Crippen LogP contribution in [0.15, 0.2) is 46.6 Å². The van der Waals surface area contributed by atoms with Gasteiger partial charge in [-0.25, -0.2) is 14.8 Å². The Morgan fingerprint density at radius 2 is 2.10 bits per heavy atom. The predicted molar refractivity (Wildman–Crippen MR) is 80.0 cm³/mol. The van der Waals surface area contributed by atoms with E-state index in [-0.39, 0.29) is 6.03 Å². The van der Waals surface area contributed by atoms with Gasteiger partial charge in [0.2, 0.25) is 0 Å². The van der Waals surface area contributed by atoms with Crippen LogP contribution in [0.25, 0.3) is 0 Å². The molecule has 0 bridgehead atoms. The summed E-state index contributed by atoms with van der Waals surface area (Å²) in [6, 6.07) is 10.8. The fraction of sp³-hybridized carbons (Fsp3) is 0.143. The number of urea groups is 1. The molecule has 1 N–H and O–H groups in total. The predicted octanol–water partition coefficient (Wildman–Crippen LogP) is 2.59. The zero-order valence-electron chi connectivity index (χ0n) is 11.6. The molecule has 0 aliphatic rings. The summed E-state index contributed by atoms with van der Waals surface area (Å²) in [5.74, 6) is 0. The standard InChI is InChI=1S/C14H13N5OS/c1-19(2)14(20)18-11-5-3-4-6-12(11)21-13-7-10(8-15)16-9-17-13/h3-7,9H,1-2H3,(H,18,20). The van der Waals surface area contributed by atoms with Crippen molar-refractivity contribution in [3.05, 3.63) is 42.4 Å². The number of carbonyl (C=O) groups excluding carboxylic acids is 1. The van der Waals surface area contributed by atoms with Crippen LogP contribution in [-0.4, -0.2) is 35.0 Å². The molecule has 1 aromatic heterocycles. The van der Waals surface area contributed by atoms with Crippen LogP contribution in [0.2, 0.25) is 0 Å². The zero-order chi connectivity index (χ0) is 15.2. The third-order valence-electron chi connectivity index (χ3n) is 2.51. The molecule has 0 atom stereocenters. The van der Waals surface area contributed by atoms with Crippen LogP contribution in [0, 0.1) is 11.3 Å². The number of carbonyl (C=O) groups is 1. The topological polar surface area (TPSA) is 81.9 Å². The number of hydrogen-bond donors (Lipinski definition) is 1. The molecule has 0 unspecified atom stereocenters. The summed E-state index contributed by atoms with van der Waals surface area (Å²) < 4.78 is 0. The molecule has 0 fully saturated rings. The van der Waals surface area contributed by atoms with E-state index < -0.39 is 0 Å². The van der Waals surface area contributed by atoms with E-state index in [2.05, 4.69) is 15.3 Å². The van der Waals surface area contributed by atoms with Gasteiger partial charge >= 0.3 is 6.03 Å². The first-order valence-electron chi connectivity index (χ1n) is 6.07. The van der Waals surface area contributed by atoms with Crippen molar-refractivity contribution in [2.45, 2.75) is 9.92 Å². The molecule has 2 aromatic rings. The number of nitrogens with zero attached hydrogens (tertiary/aromatic N) is 4. The van der Waals surface area contributed by atoms with Crippen molar-refractivity contribution in [3.8, 4) is 6.07 Å². The van der Waals surface area contributed by atoms with Crippen LogP contribution >= 0.6 is 11.8 Å². The van der Waals surface area contributed by atoms with Crippen LogP contribution < -0.4 is 5.32 Å². The molecule has 2 rings (SSSR count). The first-order valence-corrected chi connectivity index (χ1v) is 6.89. The number of aromatic nitrogens is 2. The summed E-state index contributed by atoms with van der Waals surface area (Å²) in [5.41, 5.74) is 1.00. The summed E-state index contributed by atoms with van der Waals surface area (Å²) in [6.45, 7) is 0. The minimum absolute atomic E-state index is 0.205. The average molecular weight is 299 g/mol. The highest BCUT2D eigenvalue weighted by Gasteiger charge is 2.10. The lowest BCUT2D eigenvalue weighted by Gasteiger charge is -2.14. The molecule has 1 heterocycles. The van der Waals surface area contributed by atoms with Crippen LogP contribution in [0.3, 0.4) is 0 Å². The summed E-state index contributed by atoms with van der Waals surface area (Å²) in [5, 5.41) is 12.3. The maximum atomic E-state index is 11.8. The molecular weight excluding hydrogens is 286 g/mol. The van der Waals surface area contributed by atoms with Gasteiger partial charge < -0.3 is 10.2 Å². The van der Waals surface area contributed by atoms with Crippen molar-refractivity contribution in [3.63, 3.8) is 0 Å². The van der Waals surface area contributed by atoms with Crippen LogP contribution in [-0.2, 0) is 0 Å². The van der Waals surface area contributed by atoms with Gasteiger partial charge in [-0.3, -0.25) is 0 Å². The van der Waals surface area contributed by atoms with Gasteiger partial charge in [-0.2, -0.15) is 5.26 Å². The van der Waals surface area contributed by atoms with Gasteiger partial charge in [-0.1, -0.05) is 23.9 Å².